The van der Waals surface area contributed by atoms with Gasteiger partial charge in [-0.15, -0.1) is 0 Å². The van der Waals surface area contributed by atoms with Crippen molar-refractivity contribution in [2.45, 2.75) is 17.9 Å². The molecule has 1 N–H and O–H groups in total. The Morgan fingerprint density at radius 2 is 2.33 bits per heavy atom. The van der Waals surface area contributed by atoms with Gasteiger partial charge in [-0.05, 0) is 24.6 Å². The van der Waals surface area contributed by atoms with E-state index in [2.05, 4.69) is 20.9 Å². The van der Waals surface area contributed by atoms with Crippen LogP contribution in [0.3, 0.4) is 0 Å². The number of carboxylic acid groups (broad SMARTS) is 1. The lowest BCUT2D eigenvalue weighted by Crippen LogP contribution is -1.96. The predicted octanol–water partition coefficient (Wildman–Crippen LogP) is 3.74. The summed E-state index contributed by atoms with van der Waals surface area (Å²) in [6, 6.07) is 4.97. The lowest BCUT2D eigenvalue weighted by atomic mass is 10.1. The number of hydrogen-bond acceptors (Lipinski definition) is 4. The van der Waals surface area contributed by atoms with Crippen molar-refractivity contribution in [3.63, 3.8) is 0 Å². The van der Waals surface area contributed by atoms with Crippen molar-refractivity contribution in [3.05, 3.63) is 45.8 Å². The summed E-state index contributed by atoms with van der Waals surface area (Å²) in [4.78, 5) is 15.0. The summed E-state index contributed by atoms with van der Waals surface area (Å²) >= 11 is 4.83. The molecule has 0 saturated carbocycles. The molecule has 0 radical (unpaired) electrons. The van der Waals surface area contributed by atoms with Gasteiger partial charge in [-0.3, -0.25) is 0 Å². The number of halogens is 1. The second kappa shape index (κ2) is 5.58. The number of oxazole rings is 1. The predicted molar refractivity (Wildman–Crippen MR) is 71.9 cm³/mol. The highest BCUT2D eigenvalue weighted by Crippen LogP contribution is 2.27. The third kappa shape index (κ3) is 3.14. The lowest BCUT2D eigenvalue weighted by Gasteiger charge is -2.03. The van der Waals surface area contributed by atoms with Gasteiger partial charge in [0.25, 0.3) is 5.22 Å². The number of aryl methyl sites for hydroxylation is 1. The zero-order valence-corrected chi connectivity index (χ0v) is 11.9. The SMILES string of the molecule is Cc1coc(SCc2ccc(C(=O)O)cc2Br)n1. The highest BCUT2D eigenvalue weighted by molar-refractivity contribution is 9.10. The van der Waals surface area contributed by atoms with Crippen molar-refractivity contribution in [2.75, 3.05) is 0 Å². The molecule has 0 aliphatic carbocycles. The Balaban J connectivity index is 2.08. The maximum absolute atomic E-state index is 10.8. The molecular formula is C12H10BrNO3S. The van der Waals surface area contributed by atoms with Crippen molar-refractivity contribution in [3.8, 4) is 0 Å². The molecule has 0 bridgehead atoms. The minimum absolute atomic E-state index is 0.266. The Kier molecular flexibility index (Phi) is 4.08. The van der Waals surface area contributed by atoms with E-state index in [1.165, 1.54) is 11.8 Å². The number of rotatable bonds is 4. The molecule has 2 rings (SSSR count). The van der Waals surface area contributed by atoms with Crippen LogP contribution in [0.5, 0.6) is 0 Å². The first-order chi connectivity index (χ1) is 8.56. The Hall–Kier alpha value is -1.27. The summed E-state index contributed by atoms with van der Waals surface area (Å²) < 4.78 is 6.01. The second-order valence-corrected chi connectivity index (χ2v) is 5.44. The van der Waals surface area contributed by atoms with Crippen LogP contribution in [0.15, 0.2) is 38.6 Å². The molecule has 6 heteroatoms. The van der Waals surface area contributed by atoms with Crippen LogP contribution in [-0.2, 0) is 5.75 Å². The molecule has 0 unspecified atom stereocenters. The number of benzene rings is 1. The van der Waals surface area contributed by atoms with E-state index in [-0.39, 0.29) is 5.56 Å². The topological polar surface area (TPSA) is 63.3 Å². The molecule has 18 heavy (non-hydrogen) atoms. The van der Waals surface area contributed by atoms with Crippen LogP contribution in [0.25, 0.3) is 0 Å². The van der Waals surface area contributed by atoms with Crippen LogP contribution < -0.4 is 0 Å². The van der Waals surface area contributed by atoms with Gasteiger partial charge in [0.1, 0.15) is 6.26 Å². The lowest BCUT2D eigenvalue weighted by molar-refractivity contribution is 0.0697. The highest BCUT2D eigenvalue weighted by atomic mass is 79.9. The Morgan fingerprint density at radius 3 is 2.89 bits per heavy atom. The number of hydrogen-bond donors (Lipinski definition) is 1. The highest BCUT2D eigenvalue weighted by Gasteiger charge is 2.08. The molecule has 1 aromatic heterocycles. The molecule has 0 spiro atoms. The summed E-state index contributed by atoms with van der Waals surface area (Å²) in [5.41, 5.74) is 2.11. The maximum Gasteiger partial charge on any atom is 0.335 e. The van der Waals surface area contributed by atoms with E-state index in [1.807, 2.05) is 6.92 Å². The number of nitrogens with zero attached hydrogens (tertiary/aromatic N) is 1. The van der Waals surface area contributed by atoms with Gasteiger partial charge in [0.15, 0.2) is 0 Å². The summed E-state index contributed by atoms with van der Waals surface area (Å²) in [6.45, 7) is 1.87. The van der Waals surface area contributed by atoms with Gasteiger partial charge in [-0.2, -0.15) is 0 Å². The van der Waals surface area contributed by atoms with Gasteiger partial charge in [0.2, 0.25) is 0 Å². The van der Waals surface area contributed by atoms with E-state index in [1.54, 1.807) is 24.5 Å². The summed E-state index contributed by atoms with van der Waals surface area (Å²) in [7, 11) is 0. The molecule has 0 aliphatic rings. The first-order valence-corrected chi connectivity index (χ1v) is 6.91. The number of carbonyl (C=O) groups is 1. The van der Waals surface area contributed by atoms with Crippen LogP contribution in [0.4, 0.5) is 0 Å². The normalized spacial score (nSPS) is 10.6. The van der Waals surface area contributed by atoms with Crippen molar-refractivity contribution in [2.24, 2.45) is 0 Å². The van der Waals surface area contributed by atoms with Gasteiger partial charge in [0, 0.05) is 10.2 Å². The number of aromatic nitrogens is 1. The average Bonchev–Trinajstić information content (AvgIpc) is 2.73. The van der Waals surface area contributed by atoms with E-state index < -0.39 is 5.97 Å². The standard InChI is InChI=1S/C12H10BrNO3S/c1-7-5-17-12(14-7)18-6-9-3-2-8(11(15)16)4-10(9)13/h2-5H,6H2,1H3,(H,15,16). The second-order valence-electron chi connectivity index (χ2n) is 3.65. The number of thioether (sulfide) groups is 1. The Bertz CT molecular complexity index is 582. The van der Waals surface area contributed by atoms with Crippen LogP contribution >= 0.6 is 27.7 Å². The zero-order chi connectivity index (χ0) is 13.1. The minimum atomic E-state index is -0.932. The molecule has 0 fully saturated rings. The van der Waals surface area contributed by atoms with E-state index >= 15 is 0 Å². The molecule has 4 nitrogen and oxygen atoms in total. The Morgan fingerprint density at radius 1 is 1.56 bits per heavy atom. The fourth-order valence-electron chi connectivity index (χ4n) is 1.34. The number of aromatic carboxylic acids is 1. The molecule has 1 heterocycles. The fraction of sp³-hybridized carbons (Fsp3) is 0.167. The van der Waals surface area contributed by atoms with Gasteiger partial charge in [-0.25, -0.2) is 9.78 Å². The first-order valence-electron chi connectivity index (χ1n) is 5.13. The average molecular weight is 328 g/mol. The molecule has 0 aliphatic heterocycles. The molecule has 0 saturated heterocycles. The molecule has 0 atom stereocenters. The number of carboxylic acids is 1. The zero-order valence-electron chi connectivity index (χ0n) is 9.51. The largest absolute Gasteiger partial charge is 0.478 e. The van der Waals surface area contributed by atoms with Crippen molar-refractivity contribution in [1.29, 1.82) is 0 Å². The summed E-state index contributed by atoms with van der Waals surface area (Å²) in [6.07, 6.45) is 1.60. The molecular weight excluding hydrogens is 318 g/mol. The smallest absolute Gasteiger partial charge is 0.335 e. The quantitative estimate of drug-likeness (QED) is 0.866. The van der Waals surface area contributed by atoms with Crippen molar-refractivity contribution < 1.29 is 14.3 Å². The van der Waals surface area contributed by atoms with Crippen LogP contribution in [0.2, 0.25) is 0 Å². The maximum atomic E-state index is 10.8. The van der Waals surface area contributed by atoms with Crippen LogP contribution in [0.1, 0.15) is 21.6 Å². The van der Waals surface area contributed by atoms with Crippen LogP contribution in [-0.4, -0.2) is 16.1 Å². The van der Waals surface area contributed by atoms with Gasteiger partial charge >= 0.3 is 5.97 Å². The molecule has 0 amide bonds. The van der Waals surface area contributed by atoms with E-state index in [4.69, 9.17) is 9.52 Å². The molecule has 94 valence electrons. The third-order valence-corrected chi connectivity index (χ3v) is 3.88. The summed E-state index contributed by atoms with van der Waals surface area (Å²) in [5, 5.41) is 9.47. The monoisotopic (exact) mass is 327 g/mol. The van der Waals surface area contributed by atoms with E-state index in [9.17, 15) is 4.79 Å². The van der Waals surface area contributed by atoms with E-state index in [0.717, 1.165) is 15.7 Å². The van der Waals surface area contributed by atoms with Gasteiger partial charge in [-0.1, -0.05) is 33.8 Å². The van der Waals surface area contributed by atoms with Crippen molar-refractivity contribution in [1.82, 2.24) is 4.98 Å². The van der Waals surface area contributed by atoms with Crippen molar-refractivity contribution >= 4 is 33.7 Å². The first kappa shape index (κ1) is 13.2. The Labute approximate surface area is 117 Å². The fourth-order valence-corrected chi connectivity index (χ4v) is 2.90. The van der Waals surface area contributed by atoms with Crippen LogP contribution in [0, 0.1) is 6.92 Å². The third-order valence-electron chi connectivity index (χ3n) is 2.25. The van der Waals surface area contributed by atoms with Gasteiger partial charge < -0.3 is 9.52 Å². The van der Waals surface area contributed by atoms with E-state index in [0.29, 0.717) is 11.0 Å². The molecule has 2 aromatic rings. The minimum Gasteiger partial charge on any atom is -0.478 e. The van der Waals surface area contributed by atoms with Gasteiger partial charge in [0.05, 0.1) is 11.3 Å². The molecule has 1 aromatic carbocycles. The summed E-state index contributed by atoms with van der Waals surface area (Å²) in [5.74, 6) is -0.265.